The van der Waals surface area contributed by atoms with Crippen molar-refractivity contribution in [1.82, 2.24) is 4.98 Å². The fourth-order valence-electron chi connectivity index (χ4n) is 1.67. The fourth-order valence-corrected chi connectivity index (χ4v) is 2.16. The third-order valence-corrected chi connectivity index (χ3v) is 3.19. The molecule has 1 heterocycles. The highest BCUT2D eigenvalue weighted by molar-refractivity contribution is 9.10. The van der Waals surface area contributed by atoms with Crippen molar-refractivity contribution in [2.24, 2.45) is 0 Å². The van der Waals surface area contributed by atoms with Crippen molar-refractivity contribution in [2.45, 2.75) is 12.8 Å². The van der Waals surface area contributed by atoms with Crippen LogP contribution in [0.15, 0.2) is 34.9 Å². The van der Waals surface area contributed by atoms with E-state index in [0.717, 1.165) is 21.1 Å². The number of hydrogen-bond donors (Lipinski definition) is 1. The van der Waals surface area contributed by atoms with Crippen molar-refractivity contribution >= 4 is 50.0 Å². The molecule has 0 aliphatic heterocycles. The van der Waals surface area contributed by atoms with Crippen LogP contribution < -0.4 is 5.32 Å². The zero-order valence-corrected chi connectivity index (χ0v) is 12.0. The maximum absolute atomic E-state index is 11.7. The molecule has 1 amide bonds. The first-order valence-corrected chi connectivity index (χ1v) is 6.93. The number of carbonyl (C=O) groups excluding carboxylic acids is 1. The Morgan fingerprint density at radius 1 is 1.44 bits per heavy atom. The van der Waals surface area contributed by atoms with Gasteiger partial charge in [-0.25, -0.2) is 0 Å². The summed E-state index contributed by atoms with van der Waals surface area (Å²) in [6.07, 6.45) is 2.82. The number of carbonyl (C=O) groups is 1. The van der Waals surface area contributed by atoms with Crippen LogP contribution in [0.1, 0.15) is 12.8 Å². The predicted octanol–water partition coefficient (Wildman–Crippen LogP) is 3.95. The number of rotatable bonds is 4. The zero-order chi connectivity index (χ0) is 13.0. The maximum atomic E-state index is 11.7. The van der Waals surface area contributed by atoms with Crippen LogP contribution in [-0.4, -0.2) is 16.8 Å². The van der Waals surface area contributed by atoms with E-state index in [1.165, 1.54) is 0 Å². The summed E-state index contributed by atoms with van der Waals surface area (Å²) in [7, 11) is 0. The minimum atomic E-state index is -0.0344. The molecule has 0 saturated carbocycles. The highest BCUT2D eigenvalue weighted by Gasteiger charge is 2.06. The van der Waals surface area contributed by atoms with E-state index in [0.29, 0.717) is 18.7 Å². The van der Waals surface area contributed by atoms with Gasteiger partial charge in [-0.1, -0.05) is 12.1 Å². The van der Waals surface area contributed by atoms with Gasteiger partial charge in [-0.2, -0.15) is 0 Å². The summed E-state index contributed by atoms with van der Waals surface area (Å²) in [5.74, 6) is 0.460. The van der Waals surface area contributed by atoms with Crippen LogP contribution in [0.5, 0.6) is 0 Å². The predicted molar refractivity (Wildman–Crippen MR) is 78.0 cm³/mol. The molecule has 1 aromatic carbocycles. The Morgan fingerprint density at radius 2 is 2.28 bits per heavy atom. The molecule has 1 N–H and O–H groups in total. The second-order valence-corrected chi connectivity index (χ2v) is 5.17. The number of alkyl halides is 1. The first-order valence-electron chi connectivity index (χ1n) is 5.61. The Balaban J connectivity index is 2.25. The lowest BCUT2D eigenvalue weighted by molar-refractivity contribution is -0.116. The lowest BCUT2D eigenvalue weighted by atomic mass is 10.2. The van der Waals surface area contributed by atoms with Crippen LogP contribution >= 0.6 is 27.5 Å². The molecule has 0 spiro atoms. The number of benzene rings is 1. The van der Waals surface area contributed by atoms with E-state index in [4.69, 9.17) is 11.6 Å². The Labute approximate surface area is 119 Å². The number of para-hydroxylation sites is 1. The summed E-state index contributed by atoms with van der Waals surface area (Å²) in [5, 5.41) is 3.85. The molecule has 0 aliphatic rings. The van der Waals surface area contributed by atoms with Crippen LogP contribution in [-0.2, 0) is 4.79 Å². The van der Waals surface area contributed by atoms with E-state index < -0.39 is 0 Å². The number of anilines is 1. The average Bonchev–Trinajstić information content (AvgIpc) is 2.36. The molecule has 0 fully saturated rings. The van der Waals surface area contributed by atoms with Crippen molar-refractivity contribution in [3.8, 4) is 0 Å². The van der Waals surface area contributed by atoms with Gasteiger partial charge in [-0.15, -0.1) is 11.6 Å². The van der Waals surface area contributed by atoms with Gasteiger partial charge in [0.05, 0.1) is 11.2 Å². The third kappa shape index (κ3) is 3.21. The second-order valence-electron chi connectivity index (χ2n) is 3.87. The van der Waals surface area contributed by atoms with Gasteiger partial charge in [0.25, 0.3) is 0 Å². The van der Waals surface area contributed by atoms with Crippen LogP contribution in [0.4, 0.5) is 5.69 Å². The normalized spacial score (nSPS) is 10.6. The maximum Gasteiger partial charge on any atom is 0.224 e. The van der Waals surface area contributed by atoms with Gasteiger partial charge in [0.15, 0.2) is 0 Å². The van der Waals surface area contributed by atoms with Crippen LogP contribution in [0, 0.1) is 0 Å². The molecule has 3 nitrogen and oxygen atoms in total. The van der Waals surface area contributed by atoms with E-state index in [2.05, 4.69) is 26.2 Å². The highest BCUT2D eigenvalue weighted by Crippen LogP contribution is 2.24. The number of amides is 1. The van der Waals surface area contributed by atoms with Gasteiger partial charge in [0.2, 0.25) is 5.91 Å². The minimum Gasteiger partial charge on any atom is -0.324 e. The summed E-state index contributed by atoms with van der Waals surface area (Å²) in [5.41, 5.74) is 1.53. The summed E-state index contributed by atoms with van der Waals surface area (Å²) in [6, 6.07) is 7.67. The van der Waals surface area contributed by atoms with Gasteiger partial charge in [-0.05, 0) is 34.5 Å². The van der Waals surface area contributed by atoms with Crippen LogP contribution in [0.25, 0.3) is 10.9 Å². The Kier molecular flexibility index (Phi) is 4.55. The van der Waals surface area contributed by atoms with Crippen molar-refractivity contribution < 1.29 is 4.79 Å². The number of hydrogen-bond acceptors (Lipinski definition) is 2. The fraction of sp³-hybridized carbons (Fsp3) is 0.231. The molecule has 5 heteroatoms. The molecule has 18 heavy (non-hydrogen) atoms. The highest BCUT2D eigenvalue weighted by atomic mass is 79.9. The number of halogens is 2. The number of pyridine rings is 1. The summed E-state index contributed by atoms with van der Waals surface area (Å²) in [4.78, 5) is 16.0. The molecule has 0 saturated heterocycles. The molecule has 2 aromatic rings. The Hall–Kier alpha value is -1.13. The number of fused-ring (bicyclic) bond motifs is 1. The number of nitrogens with one attached hydrogen (secondary N) is 1. The van der Waals surface area contributed by atoms with Gasteiger partial charge >= 0.3 is 0 Å². The van der Waals surface area contributed by atoms with Gasteiger partial charge < -0.3 is 5.32 Å². The lowest BCUT2D eigenvalue weighted by Gasteiger charge is -2.07. The molecule has 0 atom stereocenters. The van der Waals surface area contributed by atoms with Crippen molar-refractivity contribution in [3.63, 3.8) is 0 Å². The van der Waals surface area contributed by atoms with Crippen molar-refractivity contribution in [3.05, 3.63) is 34.9 Å². The SMILES string of the molecule is O=C(CCCCl)Nc1cccc2cc(Br)cnc12. The van der Waals surface area contributed by atoms with E-state index in [-0.39, 0.29) is 5.91 Å². The number of nitrogens with zero attached hydrogens (tertiary/aromatic N) is 1. The summed E-state index contributed by atoms with van der Waals surface area (Å²) in [6.45, 7) is 0. The molecule has 94 valence electrons. The smallest absolute Gasteiger partial charge is 0.224 e. The third-order valence-electron chi connectivity index (χ3n) is 2.49. The van der Waals surface area contributed by atoms with E-state index in [1.54, 1.807) is 6.20 Å². The number of aromatic nitrogens is 1. The zero-order valence-electron chi connectivity index (χ0n) is 9.62. The van der Waals surface area contributed by atoms with Gasteiger partial charge in [-0.3, -0.25) is 9.78 Å². The minimum absolute atomic E-state index is 0.0344. The molecule has 2 rings (SSSR count). The summed E-state index contributed by atoms with van der Waals surface area (Å²) >= 11 is 8.94. The average molecular weight is 328 g/mol. The standard InChI is InChI=1S/C13H12BrClN2O/c14-10-7-9-3-1-4-11(13(9)16-8-10)17-12(18)5-2-6-15/h1,3-4,7-8H,2,5-6H2,(H,17,18). The van der Waals surface area contributed by atoms with Gasteiger partial charge in [0.1, 0.15) is 0 Å². The van der Waals surface area contributed by atoms with E-state index in [1.807, 2.05) is 24.3 Å². The molecule has 0 unspecified atom stereocenters. The van der Waals surface area contributed by atoms with Crippen molar-refractivity contribution in [2.75, 3.05) is 11.2 Å². The first-order chi connectivity index (χ1) is 8.70. The van der Waals surface area contributed by atoms with E-state index >= 15 is 0 Å². The molecule has 0 aliphatic carbocycles. The monoisotopic (exact) mass is 326 g/mol. The first kappa shape index (κ1) is 13.3. The van der Waals surface area contributed by atoms with Crippen LogP contribution in [0.2, 0.25) is 0 Å². The molecule has 0 bridgehead atoms. The molecular formula is C13H12BrClN2O. The molecule has 1 aromatic heterocycles. The lowest BCUT2D eigenvalue weighted by Crippen LogP contribution is -2.11. The summed E-state index contributed by atoms with van der Waals surface area (Å²) < 4.78 is 0.917. The quantitative estimate of drug-likeness (QED) is 0.864. The Bertz CT molecular complexity index is 574. The molecular weight excluding hydrogens is 316 g/mol. The Morgan fingerprint density at radius 3 is 3.06 bits per heavy atom. The topological polar surface area (TPSA) is 42.0 Å². The van der Waals surface area contributed by atoms with Gasteiger partial charge in [0, 0.05) is 28.4 Å². The largest absolute Gasteiger partial charge is 0.324 e. The van der Waals surface area contributed by atoms with Crippen molar-refractivity contribution in [1.29, 1.82) is 0 Å². The molecule has 0 radical (unpaired) electrons. The van der Waals surface area contributed by atoms with Crippen LogP contribution in [0.3, 0.4) is 0 Å². The van der Waals surface area contributed by atoms with E-state index in [9.17, 15) is 4.79 Å². The second kappa shape index (κ2) is 6.16.